The Bertz CT molecular complexity index is 907. The second-order valence-corrected chi connectivity index (χ2v) is 7.57. The molecule has 0 aliphatic carbocycles. The molecule has 132 valence electrons. The number of phenolic OH excluding ortho intramolecular Hbond substituents is 1. The molecular weight excluding hydrogens is 314 g/mol. The molecule has 5 heteroatoms. The first-order valence-electron chi connectivity index (χ1n) is 8.61. The Morgan fingerprint density at radius 3 is 2.44 bits per heavy atom. The van der Waals surface area contributed by atoms with Gasteiger partial charge in [0.1, 0.15) is 22.5 Å². The van der Waals surface area contributed by atoms with Gasteiger partial charge in [0.05, 0.1) is 0 Å². The van der Waals surface area contributed by atoms with Gasteiger partial charge in [-0.05, 0) is 54.5 Å². The van der Waals surface area contributed by atoms with Crippen molar-refractivity contribution in [3.05, 3.63) is 47.0 Å². The summed E-state index contributed by atoms with van der Waals surface area (Å²) in [4.78, 5) is 1.51. The molecule has 25 heavy (non-hydrogen) atoms. The van der Waals surface area contributed by atoms with Gasteiger partial charge < -0.3 is 10.2 Å². The molecule has 1 aromatic heterocycles. The minimum absolute atomic E-state index is 0.143. The van der Waals surface area contributed by atoms with Gasteiger partial charge in [-0.1, -0.05) is 32.9 Å². The third-order valence-corrected chi connectivity index (χ3v) is 4.33. The van der Waals surface area contributed by atoms with E-state index in [1.807, 2.05) is 37.3 Å². The highest BCUT2D eigenvalue weighted by molar-refractivity contribution is 5.75. The first-order chi connectivity index (χ1) is 11.8. The van der Waals surface area contributed by atoms with Crippen molar-refractivity contribution in [3.63, 3.8) is 0 Å². The van der Waals surface area contributed by atoms with Crippen molar-refractivity contribution in [1.29, 1.82) is 0 Å². The number of nitrogens with zero attached hydrogens (tertiary/aromatic N) is 3. The zero-order chi connectivity index (χ0) is 18.2. The number of aromatic hydroxyl groups is 1. The fourth-order valence-electron chi connectivity index (χ4n) is 2.96. The lowest BCUT2D eigenvalue weighted by Gasteiger charge is -2.23. The molecule has 0 saturated heterocycles. The minimum atomic E-state index is -0.211. The lowest BCUT2D eigenvalue weighted by Crippen LogP contribution is -2.14. The van der Waals surface area contributed by atoms with Crippen molar-refractivity contribution in [2.45, 2.75) is 46.0 Å². The maximum atomic E-state index is 10.9. The maximum absolute atomic E-state index is 10.9. The molecule has 0 atom stereocenters. The molecule has 2 aromatic carbocycles. The monoisotopic (exact) mass is 339 g/mol. The van der Waals surface area contributed by atoms with Crippen LogP contribution < -0.4 is 0 Å². The summed E-state index contributed by atoms with van der Waals surface area (Å²) in [5.41, 5.74) is 5.00. The second kappa shape index (κ2) is 6.48. The fourth-order valence-corrected chi connectivity index (χ4v) is 2.96. The normalized spacial score (nSPS) is 12.0. The minimum Gasteiger partial charge on any atom is -0.505 e. The number of aliphatic hydroxyl groups is 1. The number of hydrogen-bond donors (Lipinski definition) is 2. The SMILES string of the molecule is Cc1ccc2nn(-c3cc(CCCO)cc(C(C)(C)C)c3O)nc2c1. The summed E-state index contributed by atoms with van der Waals surface area (Å²) in [6, 6.07) is 9.84. The van der Waals surface area contributed by atoms with E-state index in [-0.39, 0.29) is 17.8 Å². The summed E-state index contributed by atoms with van der Waals surface area (Å²) in [5, 5.41) is 29.1. The smallest absolute Gasteiger partial charge is 0.146 e. The van der Waals surface area contributed by atoms with Crippen LogP contribution in [0.2, 0.25) is 0 Å². The average Bonchev–Trinajstić information content (AvgIpc) is 2.95. The van der Waals surface area contributed by atoms with Crippen LogP contribution in [0.25, 0.3) is 16.7 Å². The Hall–Kier alpha value is -2.40. The van der Waals surface area contributed by atoms with Gasteiger partial charge in [-0.3, -0.25) is 0 Å². The van der Waals surface area contributed by atoms with Crippen molar-refractivity contribution >= 4 is 11.0 Å². The van der Waals surface area contributed by atoms with E-state index in [4.69, 9.17) is 5.11 Å². The van der Waals surface area contributed by atoms with Crippen molar-refractivity contribution in [2.24, 2.45) is 0 Å². The molecule has 5 nitrogen and oxygen atoms in total. The van der Waals surface area contributed by atoms with E-state index in [2.05, 4.69) is 31.0 Å². The molecule has 0 spiro atoms. The second-order valence-electron chi connectivity index (χ2n) is 7.57. The number of phenols is 1. The highest BCUT2D eigenvalue weighted by Crippen LogP contribution is 2.36. The lowest BCUT2D eigenvalue weighted by atomic mass is 9.84. The van der Waals surface area contributed by atoms with Gasteiger partial charge in [0, 0.05) is 12.2 Å². The molecule has 3 rings (SSSR count). The van der Waals surface area contributed by atoms with Gasteiger partial charge in [-0.25, -0.2) is 0 Å². The summed E-state index contributed by atoms with van der Waals surface area (Å²) in [5.74, 6) is 0.206. The summed E-state index contributed by atoms with van der Waals surface area (Å²) in [7, 11) is 0. The highest BCUT2D eigenvalue weighted by atomic mass is 16.3. The van der Waals surface area contributed by atoms with Crippen LogP contribution in [0.4, 0.5) is 0 Å². The third-order valence-electron chi connectivity index (χ3n) is 4.33. The van der Waals surface area contributed by atoms with E-state index >= 15 is 0 Å². The number of aromatic nitrogens is 3. The molecule has 0 fully saturated rings. The van der Waals surface area contributed by atoms with Crippen LogP contribution >= 0.6 is 0 Å². The Kier molecular flexibility index (Phi) is 4.52. The lowest BCUT2D eigenvalue weighted by molar-refractivity contribution is 0.288. The van der Waals surface area contributed by atoms with E-state index < -0.39 is 0 Å². The van der Waals surface area contributed by atoms with Crippen LogP contribution in [0.5, 0.6) is 5.75 Å². The van der Waals surface area contributed by atoms with Gasteiger partial charge in [0.2, 0.25) is 0 Å². The summed E-state index contributed by atoms with van der Waals surface area (Å²) < 4.78 is 0. The molecule has 0 amide bonds. The predicted octanol–water partition coefficient (Wildman–Crippen LogP) is 3.66. The number of aryl methyl sites for hydroxylation is 2. The molecule has 0 saturated carbocycles. The molecule has 0 aliphatic rings. The molecule has 0 radical (unpaired) electrons. The van der Waals surface area contributed by atoms with Crippen LogP contribution in [0.15, 0.2) is 30.3 Å². The number of fused-ring (bicyclic) bond motifs is 1. The van der Waals surface area contributed by atoms with Gasteiger partial charge >= 0.3 is 0 Å². The zero-order valence-corrected chi connectivity index (χ0v) is 15.2. The van der Waals surface area contributed by atoms with E-state index in [0.717, 1.165) is 34.1 Å². The van der Waals surface area contributed by atoms with E-state index in [9.17, 15) is 5.11 Å². The number of aliphatic hydroxyl groups excluding tert-OH is 1. The Morgan fingerprint density at radius 2 is 1.76 bits per heavy atom. The summed E-state index contributed by atoms with van der Waals surface area (Å²) in [6.07, 6.45) is 1.42. The predicted molar refractivity (Wildman–Crippen MR) is 99.4 cm³/mol. The summed E-state index contributed by atoms with van der Waals surface area (Å²) >= 11 is 0. The highest BCUT2D eigenvalue weighted by Gasteiger charge is 2.23. The van der Waals surface area contributed by atoms with Crippen molar-refractivity contribution < 1.29 is 10.2 Å². The van der Waals surface area contributed by atoms with Gasteiger partial charge in [-0.15, -0.1) is 15.0 Å². The largest absolute Gasteiger partial charge is 0.505 e. The van der Waals surface area contributed by atoms with Crippen LogP contribution in [0.1, 0.15) is 43.9 Å². The first-order valence-corrected chi connectivity index (χ1v) is 8.61. The Morgan fingerprint density at radius 1 is 1.04 bits per heavy atom. The number of hydrogen-bond acceptors (Lipinski definition) is 4. The van der Waals surface area contributed by atoms with Crippen molar-refractivity contribution in [1.82, 2.24) is 15.0 Å². The van der Waals surface area contributed by atoms with E-state index in [1.165, 1.54) is 4.80 Å². The first kappa shape index (κ1) is 17.4. The standard InChI is InChI=1S/C20H25N3O2/c1-13-7-8-16-17(10-13)22-23(21-16)18-12-14(6-5-9-24)11-15(19(18)25)20(2,3)4/h7-8,10-12,24-25H,5-6,9H2,1-4H3. The molecule has 3 aromatic rings. The summed E-state index contributed by atoms with van der Waals surface area (Å²) in [6.45, 7) is 8.36. The molecular formula is C20H25N3O2. The number of benzene rings is 2. The molecule has 2 N–H and O–H groups in total. The Balaban J connectivity index is 2.18. The average molecular weight is 339 g/mol. The third kappa shape index (κ3) is 3.51. The molecule has 0 unspecified atom stereocenters. The van der Waals surface area contributed by atoms with Crippen LogP contribution in [0.3, 0.4) is 0 Å². The molecule has 1 heterocycles. The van der Waals surface area contributed by atoms with Crippen LogP contribution in [-0.2, 0) is 11.8 Å². The van der Waals surface area contributed by atoms with Crippen LogP contribution in [0, 0.1) is 6.92 Å². The zero-order valence-electron chi connectivity index (χ0n) is 15.2. The van der Waals surface area contributed by atoms with Gasteiger partial charge in [0.25, 0.3) is 0 Å². The maximum Gasteiger partial charge on any atom is 0.146 e. The fraction of sp³-hybridized carbons (Fsp3) is 0.400. The number of rotatable bonds is 4. The van der Waals surface area contributed by atoms with Crippen molar-refractivity contribution in [3.8, 4) is 11.4 Å². The molecule has 0 aliphatic heterocycles. The van der Waals surface area contributed by atoms with Crippen molar-refractivity contribution in [2.75, 3.05) is 6.61 Å². The van der Waals surface area contributed by atoms with Gasteiger partial charge in [-0.2, -0.15) is 0 Å². The molecule has 0 bridgehead atoms. The van der Waals surface area contributed by atoms with E-state index in [0.29, 0.717) is 12.1 Å². The van der Waals surface area contributed by atoms with Gasteiger partial charge in [0.15, 0.2) is 0 Å². The van der Waals surface area contributed by atoms with E-state index in [1.54, 1.807) is 0 Å². The van der Waals surface area contributed by atoms with Crippen LogP contribution in [-0.4, -0.2) is 31.8 Å². The quantitative estimate of drug-likeness (QED) is 0.761. The Labute approximate surface area is 147 Å². The topological polar surface area (TPSA) is 71.2 Å².